The van der Waals surface area contributed by atoms with Gasteiger partial charge in [0.25, 0.3) is 10.0 Å². The molecule has 0 amide bonds. The highest BCUT2D eigenvalue weighted by Crippen LogP contribution is 2.26. The number of rotatable bonds is 6. The minimum atomic E-state index is -3.84. The molecule has 0 saturated carbocycles. The molecule has 38 heavy (non-hydrogen) atoms. The lowest BCUT2D eigenvalue weighted by molar-refractivity contribution is 0.464. The average molecular weight is 546 g/mol. The molecule has 4 aromatic rings. The van der Waals surface area contributed by atoms with Crippen molar-refractivity contribution in [3.05, 3.63) is 95.7 Å². The zero-order chi connectivity index (χ0) is 27.3. The van der Waals surface area contributed by atoms with Crippen molar-refractivity contribution in [1.82, 2.24) is 13.6 Å². The number of fused-ring (bicyclic) bond motifs is 1. The van der Waals surface area contributed by atoms with Crippen LogP contribution in [0.4, 0.5) is 0 Å². The van der Waals surface area contributed by atoms with Crippen molar-refractivity contribution in [3.63, 3.8) is 0 Å². The van der Waals surface area contributed by atoms with Crippen LogP contribution in [0.5, 0.6) is 0 Å². The van der Waals surface area contributed by atoms with E-state index < -0.39 is 20.0 Å². The van der Waals surface area contributed by atoms with Gasteiger partial charge in [-0.15, -0.1) is 0 Å². The number of nitrogens with zero attached hydrogens (tertiary/aromatic N) is 2. The maximum atomic E-state index is 13.4. The van der Waals surface area contributed by atoms with E-state index in [0.717, 1.165) is 5.56 Å². The van der Waals surface area contributed by atoms with Crippen LogP contribution < -0.4 is 4.72 Å². The van der Waals surface area contributed by atoms with Gasteiger partial charge >= 0.3 is 0 Å². The molecule has 0 saturated heterocycles. The van der Waals surface area contributed by atoms with Crippen molar-refractivity contribution < 1.29 is 16.8 Å². The standard InChI is InChI=1S/C29H27N3O4S2/c1-23-13-16-26(17-14-23)37(33,34)30-19-7-9-24-15-18-29-28(21-24)25(10-8-20-31(2)3)22-32(29)38(35,36)27-11-5-4-6-12-27/h4-6,11-18,21-22,30H,19-20H2,1-3H3. The first-order valence-electron chi connectivity index (χ1n) is 11.7. The number of sulfonamides is 1. The fourth-order valence-electron chi connectivity index (χ4n) is 3.65. The SMILES string of the molecule is Cc1ccc(S(=O)(=O)NCC#Cc2ccc3c(c2)c(C#CCN(C)C)cn3S(=O)(=O)c2ccccc2)cc1. The molecule has 0 radical (unpaired) electrons. The van der Waals surface area contributed by atoms with E-state index in [0.29, 0.717) is 28.6 Å². The van der Waals surface area contributed by atoms with Crippen LogP contribution in [0.15, 0.2) is 88.8 Å². The van der Waals surface area contributed by atoms with Gasteiger partial charge in [-0.3, -0.25) is 4.90 Å². The maximum absolute atomic E-state index is 13.4. The van der Waals surface area contributed by atoms with Crippen molar-refractivity contribution in [2.45, 2.75) is 16.7 Å². The Morgan fingerprint density at radius 1 is 0.842 bits per heavy atom. The van der Waals surface area contributed by atoms with Gasteiger partial charge in [-0.1, -0.05) is 59.6 Å². The molecule has 0 unspecified atom stereocenters. The number of hydrogen-bond acceptors (Lipinski definition) is 5. The highest BCUT2D eigenvalue weighted by molar-refractivity contribution is 7.90. The van der Waals surface area contributed by atoms with Crippen LogP contribution in [0.1, 0.15) is 16.7 Å². The predicted octanol–water partition coefficient (Wildman–Crippen LogP) is 3.43. The number of benzene rings is 3. The van der Waals surface area contributed by atoms with Crippen LogP contribution in [0.2, 0.25) is 0 Å². The third-order valence-electron chi connectivity index (χ3n) is 5.60. The molecule has 4 rings (SSSR count). The normalized spacial score (nSPS) is 11.6. The Kier molecular flexibility index (Phi) is 8.05. The van der Waals surface area contributed by atoms with Gasteiger partial charge in [0.2, 0.25) is 10.0 Å². The van der Waals surface area contributed by atoms with Crippen LogP contribution in [-0.4, -0.2) is 52.9 Å². The molecule has 0 fully saturated rings. The minimum Gasteiger partial charge on any atom is -0.299 e. The molecule has 0 bridgehead atoms. The Labute approximate surface area is 224 Å². The Morgan fingerprint density at radius 3 is 2.24 bits per heavy atom. The average Bonchev–Trinajstić information content (AvgIpc) is 3.26. The van der Waals surface area contributed by atoms with E-state index in [1.165, 1.54) is 10.2 Å². The fourth-order valence-corrected chi connectivity index (χ4v) is 5.97. The summed E-state index contributed by atoms with van der Waals surface area (Å²) in [5.41, 5.74) is 2.62. The lowest BCUT2D eigenvalue weighted by atomic mass is 10.1. The second kappa shape index (κ2) is 11.3. The van der Waals surface area contributed by atoms with Gasteiger partial charge in [0.1, 0.15) is 0 Å². The van der Waals surface area contributed by atoms with Gasteiger partial charge in [-0.05, 0) is 63.5 Å². The van der Waals surface area contributed by atoms with Crippen molar-refractivity contribution in [3.8, 4) is 23.7 Å². The first kappa shape index (κ1) is 27.2. The van der Waals surface area contributed by atoms with Crippen molar-refractivity contribution in [2.75, 3.05) is 27.2 Å². The maximum Gasteiger partial charge on any atom is 0.268 e. The fraction of sp³-hybridized carbons (Fsp3) is 0.172. The van der Waals surface area contributed by atoms with E-state index in [-0.39, 0.29) is 16.3 Å². The molecular formula is C29H27N3O4S2. The minimum absolute atomic E-state index is 0.0762. The second-order valence-corrected chi connectivity index (χ2v) is 12.4. The summed E-state index contributed by atoms with van der Waals surface area (Å²) >= 11 is 0. The van der Waals surface area contributed by atoms with Gasteiger partial charge in [0, 0.05) is 17.1 Å². The lowest BCUT2D eigenvalue weighted by Gasteiger charge is -2.07. The topological polar surface area (TPSA) is 88.5 Å². The lowest BCUT2D eigenvalue weighted by Crippen LogP contribution is -2.23. The molecule has 1 aromatic heterocycles. The monoisotopic (exact) mass is 545 g/mol. The third-order valence-corrected chi connectivity index (χ3v) is 8.71. The van der Waals surface area contributed by atoms with E-state index in [1.54, 1.807) is 72.8 Å². The smallest absolute Gasteiger partial charge is 0.268 e. The van der Waals surface area contributed by atoms with Crippen molar-refractivity contribution in [1.29, 1.82) is 0 Å². The quantitative estimate of drug-likeness (QED) is 0.375. The van der Waals surface area contributed by atoms with Gasteiger partial charge in [0.05, 0.1) is 34.0 Å². The van der Waals surface area contributed by atoms with Crippen LogP contribution in [0.25, 0.3) is 10.9 Å². The number of nitrogens with one attached hydrogen (secondary N) is 1. The van der Waals surface area contributed by atoms with E-state index in [4.69, 9.17) is 0 Å². The summed E-state index contributed by atoms with van der Waals surface area (Å²) in [6.45, 7) is 2.32. The first-order valence-corrected chi connectivity index (χ1v) is 14.6. The largest absolute Gasteiger partial charge is 0.299 e. The number of aromatic nitrogens is 1. The van der Waals surface area contributed by atoms with Gasteiger partial charge in [0.15, 0.2) is 0 Å². The molecule has 0 aliphatic heterocycles. The Morgan fingerprint density at radius 2 is 1.55 bits per heavy atom. The Balaban J connectivity index is 1.66. The van der Waals surface area contributed by atoms with Gasteiger partial charge in [-0.2, -0.15) is 4.72 Å². The summed E-state index contributed by atoms with van der Waals surface area (Å²) in [5, 5.41) is 0.641. The van der Waals surface area contributed by atoms with Crippen LogP contribution in [-0.2, 0) is 20.0 Å². The van der Waals surface area contributed by atoms with Gasteiger partial charge < -0.3 is 0 Å². The summed E-state index contributed by atoms with van der Waals surface area (Å²) < 4.78 is 55.4. The molecule has 1 N–H and O–H groups in total. The summed E-state index contributed by atoms with van der Waals surface area (Å²) in [7, 11) is -3.71. The van der Waals surface area contributed by atoms with Crippen molar-refractivity contribution in [2.24, 2.45) is 0 Å². The molecule has 194 valence electrons. The molecule has 3 aromatic carbocycles. The molecule has 0 atom stereocenters. The van der Waals surface area contributed by atoms with Crippen LogP contribution in [0, 0.1) is 30.6 Å². The van der Waals surface area contributed by atoms with E-state index in [1.807, 2.05) is 25.9 Å². The molecule has 0 aliphatic rings. The highest BCUT2D eigenvalue weighted by Gasteiger charge is 2.21. The summed E-state index contributed by atoms with van der Waals surface area (Å²) in [5.74, 6) is 11.9. The highest BCUT2D eigenvalue weighted by atomic mass is 32.2. The van der Waals surface area contributed by atoms with Crippen LogP contribution in [0.3, 0.4) is 0 Å². The van der Waals surface area contributed by atoms with Gasteiger partial charge in [-0.25, -0.2) is 20.8 Å². The second-order valence-electron chi connectivity index (χ2n) is 8.87. The molecular weight excluding hydrogens is 518 g/mol. The van der Waals surface area contributed by atoms with E-state index in [2.05, 4.69) is 28.4 Å². The predicted molar refractivity (Wildman–Crippen MR) is 150 cm³/mol. The summed E-state index contributed by atoms with van der Waals surface area (Å²) in [6.07, 6.45) is 1.53. The number of hydrogen-bond donors (Lipinski definition) is 1. The summed E-state index contributed by atoms with van der Waals surface area (Å²) in [6, 6.07) is 19.9. The third kappa shape index (κ3) is 6.16. The first-order chi connectivity index (χ1) is 18.1. The van der Waals surface area contributed by atoms with Crippen LogP contribution >= 0.6 is 0 Å². The molecule has 1 heterocycles. The molecule has 9 heteroatoms. The zero-order valence-electron chi connectivity index (χ0n) is 21.3. The molecule has 0 aliphatic carbocycles. The molecule has 0 spiro atoms. The van der Waals surface area contributed by atoms with E-state index >= 15 is 0 Å². The molecule has 7 nitrogen and oxygen atoms in total. The number of aryl methyl sites for hydroxylation is 1. The van der Waals surface area contributed by atoms with E-state index in [9.17, 15) is 16.8 Å². The zero-order valence-corrected chi connectivity index (χ0v) is 22.9. The Bertz CT molecular complexity index is 1800. The Hall–Kier alpha value is -3.86. The van der Waals surface area contributed by atoms with Crippen molar-refractivity contribution >= 4 is 30.9 Å². The summed E-state index contributed by atoms with van der Waals surface area (Å²) in [4.78, 5) is 2.27.